The van der Waals surface area contributed by atoms with Crippen LogP contribution in [0.25, 0.3) is 0 Å². The molecule has 2 aliphatic rings. The number of likely N-dealkylation sites (tertiary alicyclic amines) is 1. The molecule has 0 aliphatic carbocycles. The van der Waals surface area contributed by atoms with Gasteiger partial charge in [0.25, 0.3) is 0 Å². The summed E-state index contributed by atoms with van der Waals surface area (Å²) in [6, 6.07) is 9.19. The Hall–Kier alpha value is -0.570. The van der Waals surface area contributed by atoms with Crippen LogP contribution in [0.15, 0.2) is 24.3 Å². The summed E-state index contributed by atoms with van der Waals surface area (Å²) in [7, 11) is 0. The van der Waals surface area contributed by atoms with Gasteiger partial charge in [0.1, 0.15) is 0 Å². The SMILES string of the molecule is Cc1ccc(C2(C)CCN(CC3CCNCC3)C2)cc1.Cl. The molecule has 1 atom stereocenters. The molecule has 1 aromatic rings. The van der Waals surface area contributed by atoms with Gasteiger partial charge in [0.05, 0.1) is 0 Å². The first-order chi connectivity index (χ1) is 9.66. The van der Waals surface area contributed by atoms with Gasteiger partial charge in [0.15, 0.2) is 0 Å². The minimum atomic E-state index is 0. The molecule has 3 heteroatoms. The van der Waals surface area contributed by atoms with Crippen molar-refractivity contribution in [2.75, 3.05) is 32.7 Å². The molecular weight excluding hydrogens is 280 g/mol. The standard InChI is InChI=1S/C18H28N2.ClH/c1-15-3-5-17(6-4-15)18(2)9-12-20(14-18)13-16-7-10-19-11-8-16;/h3-6,16,19H,7-14H2,1-2H3;1H. The number of nitrogens with one attached hydrogen (secondary N) is 1. The lowest BCUT2D eigenvalue weighted by Gasteiger charge is -2.29. The number of piperidine rings is 1. The fourth-order valence-electron chi connectivity index (χ4n) is 3.83. The Morgan fingerprint density at radius 1 is 1.19 bits per heavy atom. The summed E-state index contributed by atoms with van der Waals surface area (Å²) in [4.78, 5) is 2.70. The van der Waals surface area contributed by atoms with E-state index in [2.05, 4.69) is 48.3 Å². The van der Waals surface area contributed by atoms with Crippen molar-refractivity contribution in [3.63, 3.8) is 0 Å². The van der Waals surface area contributed by atoms with Crippen LogP contribution < -0.4 is 5.32 Å². The minimum Gasteiger partial charge on any atom is -0.317 e. The Bertz CT molecular complexity index is 439. The van der Waals surface area contributed by atoms with Crippen molar-refractivity contribution in [1.82, 2.24) is 10.2 Å². The van der Waals surface area contributed by atoms with Crippen molar-refractivity contribution in [2.24, 2.45) is 5.92 Å². The molecule has 1 N–H and O–H groups in total. The van der Waals surface area contributed by atoms with Crippen LogP contribution in [-0.2, 0) is 5.41 Å². The fraction of sp³-hybridized carbons (Fsp3) is 0.667. The summed E-state index contributed by atoms with van der Waals surface area (Å²) in [6.07, 6.45) is 4.02. The van der Waals surface area contributed by atoms with Crippen LogP contribution >= 0.6 is 12.4 Å². The molecule has 21 heavy (non-hydrogen) atoms. The molecule has 0 aromatic heterocycles. The normalized spacial score (nSPS) is 27.5. The van der Waals surface area contributed by atoms with E-state index in [1.165, 1.54) is 63.1 Å². The van der Waals surface area contributed by atoms with Gasteiger partial charge >= 0.3 is 0 Å². The van der Waals surface area contributed by atoms with E-state index in [4.69, 9.17) is 0 Å². The van der Waals surface area contributed by atoms with E-state index in [1.54, 1.807) is 0 Å². The molecule has 1 aromatic carbocycles. The molecule has 0 saturated carbocycles. The van der Waals surface area contributed by atoms with Gasteiger partial charge < -0.3 is 10.2 Å². The smallest absolute Gasteiger partial charge is 0.00766 e. The maximum atomic E-state index is 3.47. The van der Waals surface area contributed by atoms with Gasteiger partial charge in [-0.05, 0) is 57.3 Å². The first-order valence-electron chi connectivity index (χ1n) is 8.16. The van der Waals surface area contributed by atoms with Crippen LogP contribution in [0.1, 0.15) is 37.3 Å². The average molecular weight is 309 g/mol. The second-order valence-electron chi connectivity index (χ2n) is 7.11. The average Bonchev–Trinajstić information content (AvgIpc) is 2.83. The lowest BCUT2D eigenvalue weighted by atomic mass is 9.81. The predicted octanol–water partition coefficient (Wildman–Crippen LogP) is 3.38. The summed E-state index contributed by atoms with van der Waals surface area (Å²) in [5, 5.41) is 3.47. The lowest BCUT2D eigenvalue weighted by molar-refractivity contribution is 0.231. The van der Waals surface area contributed by atoms with E-state index >= 15 is 0 Å². The molecule has 2 heterocycles. The zero-order chi connectivity index (χ0) is 14.0. The van der Waals surface area contributed by atoms with Crippen molar-refractivity contribution >= 4 is 12.4 Å². The van der Waals surface area contributed by atoms with Crippen molar-refractivity contribution in [3.05, 3.63) is 35.4 Å². The largest absolute Gasteiger partial charge is 0.317 e. The maximum absolute atomic E-state index is 3.47. The summed E-state index contributed by atoms with van der Waals surface area (Å²) in [5.74, 6) is 0.914. The van der Waals surface area contributed by atoms with E-state index in [1.807, 2.05) is 0 Å². The van der Waals surface area contributed by atoms with Crippen LogP contribution in [0.5, 0.6) is 0 Å². The second-order valence-corrected chi connectivity index (χ2v) is 7.11. The van der Waals surface area contributed by atoms with Gasteiger partial charge in [-0.3, -0.25) is 0 Å². The predicted molar refractivity (Wildman–Crippen MR) is 92.4 cm³/mol. The Morgan fingerprint density at radius 2 is 1.86 bits per heavy atom. The first-order valence-corrected chi connectivity index (χ1v) is 8.16. The summed E-state index contributed by atoms with van der Waals surface area (Å²) < 4.78 is 0. The van der Waals surface area contributed by atoms with Gasteiger partial charge in [-0.2, -0.15) is 0 Å². The highest BCUT2D eigenvalue weighted by Crippen LogP contribution is 2.35. The Morgan fingerprint density at radius 3 is 2.52 bits per heavy atom. The van der Waals surface area contributed by atoms with Crippen LogP contribution in [0.2, 0.25) is 0 Å². The quantitative estimate of drug-likeness (QED) is 0.921. The van der Waals surface area contributed by atoms with Crippen molar-refractivity contribution in [3.8, 4) is 0 Å². The zero-order valence-corrected chi connectivity index (χ0v) is 14.2. The van der Waals surface area contributed by atoms with E-state index in [0.717, 1.165) is 5.92 Å². The van der Waals surface area contributed by atoms with Crippen LogP contribution in [0.4, 0.5) is 0 Å². The molecule has 2 aliphatic heterocycles. The minimum absolute atomic E-state index is 0. The molecular formula is C18H29ClN2. The van der Waals surface area contributed by atoms with Crippen LogP contribution in [-0.4, -0.2) is 37.6 Å². The van der Waals surface area contributed by atoms with E-state index in [0.29, 0.717) is 5.41 Å². The van der Waals surface area contributed by atoms with Crippen molar-refractivity contribution in [1.29, 1.82) is 0 Å². The number of hydrogen-bond donors (Lipinski definition) is 1. The molecule has 2 saturated heterocycles. The molecule has 2 nitrogen and oxygen atoms in total. The highest BCUT2D eigenvalue weighted by Gasteiger charge is 2.35. The van der Waals surface area contributed by atoms with E-state index < -0.39 is 0 Å². The maximum Gasteiger partial charge on any atom is 0.00766 e. The number of rotatable bonds is 3. The molecule has 118 valence electrons. The first kappa shape index (κ1) is 16.8. The topological polar surface area (TPSA) is 15.3 Å². The number of aryl methyl sites for hydroxylation is 1. The van der Waals surface area contributed by atoms with Crippen LogP contribution in [0.3, 0.4) is 0 Å². The van der Waals surface area contributed by atoms with Gasteiger partial charge in [-0.15, -0.1) is 12.4 Å². The summed E-state index contributed by atoms with van der Waals surface area (Å²) >= 11 is 0. The molecule has 2 fully saturated rings. The van der Waals surface area contributed by atoms with Gasteiger partial charge in [0, 0.05) is 18.5 Å². The second kappa shape index (κ2) is 7.13. The third kappa shape index (κ3) is 4.00. The number of hydrogen-bond acceptors (Lipinski definition) is 2. The molecule has 0 amide bonds. The van der Waals surface area contributed by atoms with Crippen molar-refractivity contribution in [2.45, 2.75) is 38.5 Å². The summed E-state index contributed by atoms with van der Waals surface area (Å²) in [5.41, 5.74) is 3.25. The lowest BCUT2D eigenvalue weighted by Crippen LogP contribution is -2.36. The third-order valence-electron chi connectivity index (χ3n) is 5.28. The summed E-state index contributed by atoms with van der Waals surface area (Å²) in [6.45, 7) is 10.9. The highest BCUT2D eigenvalue weighted by molar-refractivity contribution is 5.85. The third-order valence-corrected chi connectivity index (χ3v) is 5.28. The number of halogens is 1. The molecule has 0 bridgehead atoms. The Labute approximate surface area is 135 Å². The molecule has 3 rings (SSSR count). The molecule has 0 radical (unpaired) electrons. The zero-order valence-electron chi connectivity index (χ0n) is 13.4. The molecule has 0 spiro atoms. The highest BCUT2D eigenvalue weighted by atomic mass is 35.5. The Balaban J connectivity index is 0.00000161. The van der Waals surface area contributed by atoms with Crippen molar-refractivity contribution < 1.29 is 0 Å². The van der Waals surface area contributed by atoms with E-state index in [9.17, 15) is 0 Å². The number of nitrogens with zero attached hydrogens (tertiary/aromatic N) is 1. The monoisotopic (exact) mass is 308 g/mol. The van der Waals surface area contributed by atoms with E-state index in [-0.39, 0.29) is 12.4 Å². The van der Waals surface area contributed by atoms with Gasteiger partial charge in [-0.25, -0.2) is 0 Å². The van der Waals surface area contributed by atoms with Crippen LogP contribution in [0, 0.1) is 12.8 Å². The van der Waals surface area contributed by atoms with Gasteiger partial charge in [0.2, 0.25) is 0 Å². The Kier molecular flexibility index (Phi) is 5.70. The fourth-order valence-corrected chi connectivity index (χ4v) is 3.83. The van der Waals surface area contributed by atoms with Gasteiger partial charge in [-0.1, -0.05) is 36.8 Å². The molecule has 1 unspecified atom stereocenters. The number of benzene rings is 1.